The van der Waals surface area contributed by atoms with Crippen molar-refractivity contribution in [3.05, 3.63) is 76.0 Å². The number of nitrogens with two attached hydrogens (primary N) is 1. The van der Waals surface area contributed by atoms with Gasteiger partial charge in [-0.15, -0.1) is 0 Å². The van der Waals surface area contributed by atoms with Crippen molar-refractivity contribution in [2.75, 3.05) is 5.73 Å². The van der Waals surface area contributed by atoms with Crippen LogP contribution in [0, 0.1) is 3.57 Å². The number of hydrogen-bond acceptors (Lipinski definition) is 3. The van der Waals surface area contributed by atoms with Crippen molar-refractivity contribution in [3.63, 3.8) is 0 Å². The Bertz CT molecular complexity index is 775. The summed E-state index contributed by atoms with van der Waals surface area (Å²) in [7, 11) is 0. The van der Waals surface area contributed by atoms with Gasteiger partial charge < -0.3 is 10.5 Å². The molecule has 3 nitrogen and oxygen atoms in total. The van der Waals surface area contributed by atoms with Crippen molar-refractivity contribution in [2.45, 2.75) is 6.61 Å². The summed E-state index contributed by atoms with van der Waals surface area (Å²) >= 11 is 2.29. The topological polar surface area (TPSA) is 48.1 Å². The van der Waals surface area contributed by atoms with Gasteiger partial charge in [-0.3, -0.25) is 0 Å². The van der Waals surface area contributed by atoms with E-state index in [-0.39, 0.29) is 0 Å². The van der Waals surface area contributed by atoms with E-state index >= 15 is 0 Å². The molecule has 0 amide bonds. The van der Waals surface area contributed by atoms with Crippen LogP contribution >= 0.6 is 22.6 Å². The third-order valence-corrected chi connectivity index (χ3v) is 3.94. The lowest BCUT2D eigenvalue weighted by atomic mass is 10.1. The van der Waals surface area contributed by atoms with Crippen molar-refractivity contribution < 1.29 is 4.74 Å². The number of hydrogen-bond donors (Lipinski definition) is 1. The maximum absolute atomic E-state index is 5.92. The van der Waals surface area contributed by atoms with Gasteiger partial charge in [-0.05, 0) is 51.9 Å². The minimum absolute atomic E-state index is 0.408. The Morgan fingerprint density at radius 2 is 1.77 bits per heavy atom. The highest BCUT2D eigenvalue weighted by molar-refractivity contribution is 14.1. The molecule has 0 saturated heterocycles. The number of anilines is 1. The van der Waals surface area contributed by atoms with Gasteiger partial charge in [-0.2, -0.15) is 0 Å². The number of ether oxygens (including phenoxy) is 1. The highest BCUT2D eigenvalue weighted by Gasteiger charge is 2.06. The molecule has 0 saturated carbocycles. The van der Waals surface area contributed by atoms with E-state index in [1.54, 1.807) is 6.20 Å². The Morgan fingerprint density at radius 3 is 2.55 bits per heavy atom. The van der Waals surface area contributed by atoms with Crippen molar-refractivity contribution in [2.24, 2.45) is 0 Å². The van der Waals surface area contributed by atoms with Crippen LogP contribution in [0.3, 0.4) is 0 Å². The molecule has 22 heavy (non-hydrogen) atoms. The first-order valence-electron chi connectivity index (χ1n) is 6.90. The van der Waals surface area contributed by atoms with Gasteiger partial charge in [-0.25, -0.2) is 4.98 Å². The standard InChI is InChI=1S/C18H15IN2O/c19-16-8-4-5-13(9-16)12-22-17-10-15(11-21-18(17)20)14-6-2-1-3-7-14/h1-11H,12H2,(H2,20,21). The molecule has 0 aliphatic carbocycles. The number of nitrogen functional groups attached to an aromatic ring is 1. The second kappa shape index (κ2) is 6.79. The average Bonchev–Trinajstić information content (AvgIpc) is 2.55. The molecule has 0 bridgehead atoms. The van der Waals surface area contributed by atoms with Gasteiger partial charge >= 0.3 is 0 Å². The van der Waals surface area contributed by atoms with Gasteiger partial charge in [0.05, 0.1) is 0 Å². The van der Waals surface area contributed by atoms with Crippen LogP contribution in [0.4, 0.5) is 5.82 Å². The van der Waals surface area contributed by atoms with Crippen LogP contribution in [0.2, 0.25) is 0 Å². The lowest BCUT2D eigenvalue weighted by Crippen LogP contribution is -2.01. The van der Waals surface area contributed by atoms with Crippen LogP contribution in [0.1, 0.15) is 5.56 Å². The minimum Gasteiger partial charge on any atom is -0.485 e. The molecule has 110 valence electrons. The van der Waals surface area contributed by atoms with Gasteiger partial charge in [0.2, 0.25) is 0 Å². The first-order valence-corrected chi connectivity index (χ1v) is 7.98. The Hall–Kier alpha value is -2.08. The van der Waals surface area contributed by atoms with E-state index in [9.17, 15) is 0 Å². The van der Waals surface area contributed by atoms with Crippen molar-refractivity contribution in [1.29, 1.82) is 0 Å². The molecule has 3 rings (SSSR count). The first-order chi connectivity index (χ1) is 10.7. The average molecular weight is 402 g/mol. The highest BCUT2D eigenvalue weighted by Crippen LogP contribution is 2.27. The van der Waals surface area contributed by atoms with Crippen LogP contribution in [-0.2, 0) is 6.61 Å². The van der Waals surface area contributed by atoms with E-state index in [1.165, 1.54) is 3.57 Å². The summed E-state index contributed by atoms with van der Waals surface area (Å²) in [5.41, 5.74) is 9.12. The maximum atomic E-state index is 5.92. The molecule has 0 atom stereocenters. The molecule has 0 unspecified atom stereocenters. The van der Waals surface area contributed by atoms with E-state index in [0.29, 0.717) is 18.2 Å². The van der Waals surface area contributed by atoms with E-state index in [2.05, 4.69) is 39.7 Å². The summed E-state index contributed by atoms with van der Waals surface area (Å²) in [5, 5.41) is 0. The van der Waals surface area contributed by atoms with Crippen LogP contribution in [0.15, 0.2) is 66.9 Å². The Balaban J connectivity index is 1.81. The van der Waals surface area contributed by atoms with Crippen molar-refractivity contribution in [1.82, 2.24) is 4.98 Å². The van der Waals surface area contributed by atoms with Crippen LogP contribution < -0.4 is 10.5 Å². The van der Waals surface area contributed by atoms with E-state index in [4.69, 9.17) is 10.5 Å². The second-order valence-corrected chi connectivity index (χ2v) is 6.14. The molecule has 0 spiro atoms. The summed E-state index contributed by atoms with van der Waals surface area (Å²) in [6, 6.07) is 20.2. The number of halogens is 1. The van der Waals surface area contributed by atoms with E-state index in [0.717, 1.165) is 16.7 Å². The van der Waals surface area contributed by atoms with Crippen LogP contribution in [0.5, 0.6) is 5.75 Å². The van der Waals surface area contributed by atoms with E-state index < -0.39 is 0 Å². The maximum Gasteiger partial charge on any atom is 0.166 e. The van der Waals surface area contributed by atoms with Crippen molar-refractivity contribution in [3.8, 4) is 16.9 Å². The summed E-state index contributed by atoms with van der Waals surface area (Å²) in [5.74, 6) is 1.02. The molecule has 2 N–H and O–H groups in total. The molecular formula is C18H15IN2O. The third-order valence-electron chi connectivity index (χ3n) is 3.27. The van der Waals surface area contributed by atoms with Gasteiger partial charge in [0, 0.05) is 15.3 Å². The molecule has 1 aromatic heterocycles. The van der Waals surface area contributed by atoms with Gasteiger partial charge in [0.1, 0.15) is 6.61 Å². The summed E-state index contributed by atoms with van der Waals surface area (Å²) in [4.78, 5) is 4.24. The molecule has 2 aromatic carbocycles. The summed E-state index contributed by atoms with van der Waals surface area (Å²) in [6.07, 6.45) is 1.77. The van der Waals surface area contributed by atoms with Gasteiger partial charge in [0.15, 0.2) is 11.6 Å². The molecule has 4 heteroatoms. The number of nitrogens with zero attached hydrogens (tertiary/aromatic N) is 1. The van der Waals surface area contributed by atoms with Gasteiger partial charge in [-0.1, -0.05) is 42.5 Å². The number of aromatic nitrogens is 1. The smallest absolute Gasteiger partial charge is 0.166 e. The lowest BCUT2D eigenvalue weighted by Gasteiger charge is -2.10. The predicted molar refractivity (Wildman–Crippen MR) is 97.6 cm³/mol. The fourth-order valence-electron chi connectivity index (χ4n) is 2.15. The minimum atomic E-state index is 0.408. The first kappa shape index (κ1) is 14.8. The quantitative estimate of drug-likeness (QED) is 0.654. The zero-order valence-corrected chi connectivity index (χ0v) is 14.0. The summed E-state index contributed by atoms with van der Waals surface area (Å²) < 4.78 is 7.03. The second-order valence-electron chi connectivity index (χ2n) is 4.89. The molecule has 1 heterocycles. The number of benzene rings is 2. The lowest BCUT2D eigenvalue weighted by molar-refractivity contribution is 0.307. The Kier molecular flexibility index (Phi) is 4.58. The molecule has 0 fully saturated rings. The highest BCUT2D eigenvalue weighted by atomic mass is 127. The third kappa shape index (κ3) is 3.57. The summed E-state index contributed by atoms with van der Waals surface area (Å²) in [6.45, 7) is 0.473. The zero-order chi connectivity index (χ0) is 15.4. The van der Waals surface area contributed by atoms with E-state index in [1.807, 2.05) is 48.5 Å². The normalized spacial score (nSPS) is 10.4. The number of pyridine rings is 1. The largest absolute Gasteiger partial charge is 0.485 e. The predicted octanol–water partition coefficient (Wildman–Crippen LogP) is 4.51. The molecule has 3 aromatic rings. The zero-order valence-electron chi connectivity index (χ0n) is 11.9. The van der Waals surface area contributed by atoms with Gasteiger partial charge in [0.25, 0.3) is 0 Å². The fourth-order valence-corrected chi connectivity index (χ4v) is 2.75. The van der Waals surface area contributed by atoms with Crippen LogP contribution in [-0.4, -0.2) is 4.98 Å². The molecule has 0 radical (unpaired) electrons. The monoisotopic (exact) mass is 402 g/mol. The molecule has 0 aliphatic heterocycles. The van der Waals surface area contributed by atoms with Crippen molar-refractivity contribution >= 4 is 28.4 Å². The molecular weight excluding hydrogens is 387 g/mol. The number of rotatable bonds is 4. The Morgan fingerprint density at radius 1 is 0.955 bits per heavy atom. The SMILES string of the molecule is Nc1ncc(-c2ccccc2)cc1OCc1cccc(I)c1. The Labute approximate surface area is 143 Å². The molecule has 0 aliphatic rings. The van der Waals surface area contributed by atoms with Crippen LogP contribution in [0.25, 0.3) is 11.1 Å². The fraction of sp³-hybridized carbons (Fsp3) is 0.0556.